The zero-order chi connectivity index (χ0) is 30.7. The number of aromatic nitrogens is 3. The van der Waals surface area contributed by atoms with Crippen LogP contribution in [0.5, 0.6) is 0 Å². The lowest BCUT2D eigenvalue weighted by atomic mass is 9.99. The average Bonchev–Trinajstić information content (AvgIpc) is 3.13. The number of hydrogen-bond acceptors (Lipinski definition) is 6. The summed E-state index contributed by atoms with van der Waals surface area (Å²) in [7, 11) is 0. The number of nitrogens with zero attached hydrogens (tertiary/aromatic N) is 5. The number of anilines is 1. The summed E-state index contributed by atoms with van der Waals surface area (Å²) >= 11 is 1.14. The second kappa shape index (κ2) is 10.9. The molecule has 4 aromatic rings. The Morgan fingerprint density at radius 1 is 1.14 bits per heavy atom. The lowest BCUT2D eigenvalue weighted by molar-refractivity contribution is -0.127. The molecule has 11 heteroatoms. The van der Waals surface area contributed by atoms with Gasteiger partial charge in [-0.2, -0.15) is 4.98 Å². The molecule has 1 fully saturated rings. The van der Waals surface area contributed by atoms with Crippen molar-refractivity contribution in [3.63, 3.8) is 0 Å². The molecular formula is C32H30F3N5O2S. The Balaban J connectivity index is 1.76. The quantitative estimate of drug-likeness (QED) is 0.266. The fourth-order valence-electron chi connectivity index (χ4n) is 6.27. The van der Waals surface area contributed by atoms with E-state index in [9.17, 15) is 9.59 Å². The van der Waals surface area contributed by atoms with Crippen LogP contribution in [0, 0.1) is 24.4 Å². The van der Waals surface area contributed by atoms with Gasteiger partial charge >= 0.3 is 5.69 Å². The van der Waals surface area contributed by atoms with Gasteiger partial charge in [0.05, 0.1) is 38.8 Å². The minimum atomic E-state index is -1.06. The number of piperazine rings is 1. The summed E-state index contributed by atoms with van der Waals surface area (Å²) in [6.45, 7) is 11.7. The normalized spacial score (nSPS) is 18.1. The van der Waals surface area contributed by atoms with Crippen LogP contribution >= 0.6 is 11.8 Å². The number of carbonyl (C=O) groups excluding carboxylic acids is 1. The molecule has 2 aromatic carbocycles. The summed E-state index contributed by atoms with van der Waals surface area (Å²) in [5, 5.41) is 0.135. The summed E-state index contributed by atoms with van der Waals surface area (Å²) < 4.78 is 50.0. The average molecular weight is 606 g/mol. The number of hydrogen-bond donors (Lipinski definition) is 0. The van der Waals surface area contributed by atoms with Gasteiger partial charge in [-0.3, -0.25) is 14.3 Å². The second-order valence-corrected chi connectivity index (χ2v) is 12.3. The van der Waals surface area contributed by atoms with Crippen LogP contribution in [0.1, 0.15) is 37.9 Å². The first kappa shape index (κ1) is 29.0. The highest BCUT2D eigenvalue weighted by molar-refractivity contribution is 7.99. The fourth-order valence-corrected chi connectivity index (χ4v) is 7.45. The van der Waals surface area contributed by atoms with Crippen molar-refractivity contribution in [3.05, 3.63) is 88.4 Å². The van der Waals surface area contributed by atoms with Crippen LogP contribution in [-0.4, -0.2) is 56.3 Å². The molecule has 2 unspecified atom stereocenters. The molecule has 2 aliphatic heterocycles. The van der Waals surface area contributed by atoms with Crippen molar-refractivity contribution in [3.8, 4) is 16.8 Å². The van der Waals surface area contributed by atoms with E-state index in [-0.39, 0.29) is 57.6 Å². The largest absolute Gasteiger partial charge is 0.354 e. The predicted molar refractivity (Wildman–Crippen MR) is 163 cm³/mol. The van der Waals surface area contributed by atoms with E-state index >= 15 is 13.2 Å². The highest BCUT2D eigenvalue weighted by Gasteiger charge is 2.40. The van der Waals surface area contributed by atoms with Crippen molar-refractivity contribution < 1.29 is 18.0 Å². The van der Waals surface area contributed by atoms with Gasteiger partial charge in [0.25, 0.3) is 0 Å². The van der Waals surface area contributed by atoms with Crippen LogP contribution in [0.25, 0.3) is 27.7 Å². The molecular weight excluding hydrogens is 575 g/mol. The molecule has 0 aliphatic carbocycles. The Morgan fingerprint density at radius 2 is 1.88 bits per heavy atom. The Bertz CT molecular complexity index is 1870. The molecule has 0 bridgehead atoms. The molecule has 1 amide bonds. The highest BCUT2D eigenvalue weighted by Crippen LogP contribution is 2.47. The summed E-state index contributed by atoms with van der Waals surface area (Å²) in [5.74, 6) is -2.70. The minimum absolute atomic E-state index is 0.0711. The van der Waals surface area contributed by atoms with Crippen LogP contribution < -0.4 is 10.6 Å². The SMILES string of the molecule is C=CC(=O)N1CC(C)N2c3nc(=O)n(-c4c(C)ccnc4C(C)C)c4c(F)c(-c5ccccc5F)c(F)c(c34)SCC2C1. The van der Waals surface area contributed by atoms with Crippen LogP contribution in [-0.2, 0) is 4.79 Å². The lowest BCUT2D eigenvalue weighted by Crippen LogP contribution is -2.60. The summed E-state index contributed by atoms with van der Waals surface area (Å²) in [6.07, 6.45) is 2.87. The number of rotatable bonds is 4. The molecule has 2 atom stereocenters. The van der Waals surface area contributed by atoms with Crippen molar-refractivity contribution in [2.75, 3.05) is 23.7 Å². The second-order valence-electron chi connectivity index (χ2n) is 11.3. The van der Waals surface area contributed by atoms with E-state index in [1.807, 2.05) is 25.7 Å². The predicted octanol–water partition coefficient (Wildman–Crippen LogP) is 5.99. The number of pyridine rings is 1. The van der Waals surface area contributed by atoms with E-state index < -0.39 is 28.7 Å². The Morgan fingerprint density at radius 3 is 2.58 bits per heavy atom. The van der Waals surface area contributed by atoms with Crippen LogP contribution in [0.3, 0.4) is 0 Å². The molecule has 7 nitrogen and oxygen atoms in total. The molecule has 2 aliphatic rings. The maximum absolute atomic E-state index is 17.1. The number of carbonyl (C=O) groups is 1. The van der Waals surface area contributed by atoms with Gasteiger partial charge in [0.15, 0.2) is 5.82 Å². The third-order valence-electron chi connectivity index (χ3n) is 8.15. The summed E-state index contributed by atoms with van der Waals surface area (Å²) in [5.41, 5.74) is -0.203. The fraction of sp³-hybridized carbons (Fsp3) is 0.312. The molecule has 222 valence electrons. The van der Waals surface area contributed by atoms with Gasteiger partial charge in [-0.05, 0) is 43.5 Å². The van der Waals surface area contributed by atoms with E-state index in [0.29, 0.717) is 29.2 Å². The van der Waals surface area contributed by atoms with E-state index in [1.54, 1.807) is 24.1 Å². The Labute approximate surface area is 251 Å². The van der Waals surface area contributed by atoms with Crippen LogP contribution in [0.2, 0.25) is 0 Å². The first-order valence-electron chi connectivity index (χ1n) is 14.1. The smallest absolute Gasteiger partial charge is 0.346 e. The van der Waals surface area contributed by atoms with Gasteiger partial charge in [0.2, 0.25) is 5.91 Å². The monoisotopic (exact) mass is 605 g/mol. The van der Waals surface area contributed by atoms with Gasteiger partial charge in [0.1, 0.15) is 17.5 Å². The van der Waals surface area contributed by atoms with E-state index in [1.165, 1.54) is 28.8 Å². The van der Waals surface area contributed by atoms with Gasteiger partial charge in [-0.25, -0.2) is 18.0 Å². The maximum atomic E-state index is 17.1. The topological polar surface area (TPSA) is 71.3 Å². The molecule has 0 saturated carbocycles. The van der Waals surface area contributed by atoms with E-state index in [2.05, 4.69) is 16.5 Å². The molecule has 43 heavy (non-hydrogen) atoms. The molecule has 4 heterocycles. The van der Waals surface area contributed by atoms with E-state index in [0.717, 1.165) is 17.8 Å². The maximum Gasteiger partial charge on any atom is 0.354 e. The molecule has 1 saturated heterocycles. The van der Waals surface area contributed by atoms with Gasteiger partial charge in [-0.15, -0.1) is 11.8 Å². The van der Waals surface area contributed by atoms with Crippen molar-refractivity contribution >= 4 is 34.4 Å². The number of thioether (sulfide) groups is 1. The molecule has 6 rings (SSSR count). The standard InChI is InChI=1S/C32H30F3N5O2S/c1-6-22(41)38-13-18(5)39-19(14-38)15-43-30-24-29(25(34)23(26(30)35)20-9-7-8-10-21(20)33)40(32(42)37-31(24)39)28-17(4)11-12-36-27(28)16(2)3/h6-12,16,18-19H,1,13-15H2,2-5H3. The van der Waals surface area contributed by atoms with Crippen molar-refractivity contribution in [2.45, 2.75) is 50.6 Å². The third kappa shape index (κ3) is 4.52. The Hall–Kier alpha value is -4.12. The first-order valence-corrected chi connectivity index (χ1v) is 15.0. The molecule has 0 N–H and O–H groups in total. The van der Waals surface area contributed by atoms with Gasteiger partial charge in [0, 0.05) is 36.6 Å². The summed E-state index contributed by atoms with van der Waals surface area (Å²) in [4.78, 5) is 39.3. The van der Waals surface area contributed by atoms with Crippen molar-refractivity contribution in [1.29, 1.82) is 0 Å². The molecule has 0 radical (unpaired) electrons. The number of benzene rings is 2. The van der Waals surface area contributed by atoms with Gasteiger partial charge in [-0.1, -0.05) is 38.6 Å². The summed E-state index contributed by atoms with van der Waals surface area (Å²) in [6, 6.07) is 6.44. The molecule has 0 spiro atoms. The zero-order valence-corrected chi connectivity index (χ0v) is 25.0. The van der Waals surface area contributed by atoms with E-state index in [4.69, 9.17) is 0 Å². The van der Waals surface area contributed by atoms with Crippen LogP contribution in [0.4, 0.5) is 19.0 Å². The minimum Gasteiger partial charge on any atom is -0.346 e. The van der Waals surface area contributed by atoms with Crippen molar-refractivity contribution in [1.82, 2.24) is 19.4 Å². The third-order valence-corrected chi connectivity index (χ3v) is 9.38. The van der Waals surface area contributed by atoms with Crippen molar-refractivity contribution in [2.24, 2.45) is 0 Å². The first-order chi connectivity index (χ1) is 20.5. The number of fused-ring (bicyclic) bond motifs is 2. The number of halogens is 3. The molecule has 2 aromatic heterocycles. The lowest BCUT2D eigenvalue weighted by Gasteiger charge is -2.45. The number of aryl methyl sites for hydroxylation is 1. The van der Waals surface area contributed by atoms with Gasteiger partial charge < -0.3 is 9.80 Å². The highest BCUT2D eigenvalue weighted by atomic mass is 32.2. The van der Waals surface area contributed by atoms with Crippen LogP contribution in [0.15, 0.2) is 58.9 Å². The zero-order valence-electron chi connectivity index (χ0n) is 24.2. The Kier molecular flexibility index (Phi) is 7.32. The number of amides is 1.